The summed E-state index contributed by atoms with van der Waals surface area (Å²) >= 11 is 0. The molecular formula is C31H33N7O. The highest BCUT2D eigenvalue weighted by atomic mass is 16.1. The number of hydrogen-bond donors (Lipinski definition) is 3. The maximum atomic E-state index is 12.9. The lowest BCUT2D eigenvalue weighted by atomic mass is 10.0. The first-order valence-electron chi connectivity index (χ1n) is 13.4. The molecule has 0 aliphatic carbocycles. The van der Waals surface area contributed by atoms with Gasteiger partial charge in [0.15, 0.2) is 5.82 Å². The summed E-state index contributed by atoms with van der Waals surface area (Å²) in [5, 5.41) is 13.9. The zero-order valence-electron chi connectivity index (χ0n) is 22.3. The van der Waals surface area contributed by atoms with Gasteiger partial charge in [0.2, 0.25) is 0 Å². The van der Waals surface area contributed by atoms with Crippen molar-refractivity contribution in [2.45, 2.75) is 32.4 Å². The van der Waals surface area contributed by atoms with Gasteiger partial charge in [0.25, 0.3) is 5.91 Å². The number of amides is 1. The van der Waals surface area contributed by atoms with E-state index in [2.05, 4.69) is 79.6 Å². The van der Waals surface area contributed by atoms with E-state index in [4.69, 9.17) is 0 Å². The molecule has 0 unspecified atom stereocenters. The number of carbonyl (C=O) groups is 1. The van der Waals surface area contributed by atoms with Crippen LogP contribution in [0.5, 0.6) is 0 Å². The number of fused-ring (bicyclic) bond motifs is 1. The van der Waals surface area contributed by atoms with E-state index in [0.29, 0.717) is 17.4 Å². The van der Waals surface area contributed by atoms with Crippen LogP contribution in [-0.2, 0) is 6.54 Å². The number of hydrogen-bond acceptors (Lipinski definition) is 5. The molecule has 8 heteroatoms. The first kappa shape index (κ1) is 24.9. The standard InChI is InChI=1S/C31H33N7O/c1-21-5-3-4-6-24(21)19-38-20-32-27-12-9-23(17-29(27)38)28-18-30(36-35-28)34-31(39)22-7-10-25(11-8-22)33-26-13-15-37(2)16-14-26/h3-12,17-18,20,26,33H,13-16,19H2,1-2H3,(H2,34,35,36,39). The van der Waals surface area contributed by atoms with E-state index in [1.54, 1.807) is 0 Å². The van der Waals surface area contributed by atoms with Gasteiger partial charge in [0.05, 0.1) is 23.1 Å². The highest BCUT2D eigenvalue weighted by Crippen LogP contribution is 2.25. The Kier molecular flexibility index (Phi) is 6.85. The van der Waals surface area contributed by atoms with Crippen LogP contribution in [0.4, 0.5) is 11.5 Å². The van der Waals surface area contributed by atoms with E-state index in [-0.39, 0.29) is 5.91 Å². The van der Waals surface area contributed by atoms with Gasteiger partial charge in [-0.15, -0.1) is 0 Å². The van der Waals surface area contributed by atoms with Crippen molar-refractivity contribution in [3.63, 3.8) is 0 Å². The summed E-state index contributed by atoms with van der Waals surface area (Å²) in [5.74, 6) is 0.294. The number of carbonyl (C=O) groups excluding carboxylic acids is 1. The smallest absolute Gasteiger partial charge is 0.256 e. The molecule has 0 atom stereocenters. The average Bonchev–Trinajstić information content (AvgIpc) is 3.58. The van der Waals surface area contributed by atoms with Crippen molar-refractivity contribution in [1.82, 2.24) is 24.6 Å². The Bertz CT molecular complexity index is 1590. The maximum absolute atomic E-state index is 12.9. The molecule has 1 fully saturated rings. The van der Waals surface area contributed by atoms with Crippen molar-refractivity contribution < 1.29 is 4.79 Å². The molecule has 5 aromatic rings. The molecule has 198 valence electrons. The van der Waals surface area contributed by atoms with Gasteiger partial charge in [-0.2, -0.15) is 5.10 Å². The normalized spacial score (nSPS) is 14.5. The van der Waals surface area contributed by atoms with Gasteiger partial charge < -0.3 is 20.1 Å². The molecule has 3 aromatic carbocycles. The molecule has 6 rings (SSSR count). The third-order valence-corrected chi connectivity index (χ3v) is 7.59. The number of aromatic nitrogens is 4. The molecule has 3 heterocycles. The number of likely N-dealkylation sites (tertiary alicyclic amines) is 1. The van der Waals surface area contributed by atoms with Gasteiger partial charge in [-0.25, -0.2) is 4.98 Å². The largest absolute Gasteiger partial charge is 0.382 e. The number of nitrogens with zero attached hydrogens (tertiary/aromatic N) is 4. The number of H-pyrrole nitrogens is 1. The Morgan fingerprint density at radius 3 is 2.62 bits per heavy atom. The van der Waals surface area contributed by atoms with Crippen LogP contribution in [0.25, 0.3) is 22.3 Å². The Morgan fingerprint density at radius 2 is 1.82 bits per heavy atom. The molecule has 1 aliphatic rings. The van der Waals surface area contributed by atoms with Gasteiger partial charge in [-0.1, -0.05) is 30.3 Å². The molecule has 0 saturated carbocycles. The highest BCUT2D eigenvalue weighted by Gasteiger charge is 2.17. The molecule has 1 aliphatic heterocycles. The monoisotopic (exact) mass is 519 g/mol. The third-order valence-electron chi connectivity index (χ3n) is 7.59. The SMILES string of the molecule is Cc1ccccc1Cn1cnc2ccc(-c3cc(NC(=O)c4ccc(NC5CCN(C)CC5)cc4)n[nH]3)cc21. The summed E-state index contributed by atoms with van der Waals surface area (Å²) in [6.45, 7) is 5.09. The summed E-state index contributed by atoms with van der Waals surface area (Å²) < 4.78 is 2.16. The fourth-order valence-electron chi connectivity index (χ4n) is 5.15. The quantitative estimate of drug-likeness (QED) is 0.263. The number of piperidine rings is 1. The zero-order valence-corrected chi connectivity index (χ0v) is 22.3. The van der Waals surface area contributed by atoms with Crippen molar-refractivity contribution in [3.8, 4) is 11.3 Å². The Morgan fingerprint density at radius 1 is 1.03 bits per heavy atom. The van der Waals surface area contributed by atoms with E-state index in [1.807, 2.05) is 48.8 Å². The lowest BCUT2D eigenvalue weighted by Gasteiger charge is -2.30. The fourth-order valence-corrected chi connectivity index (χ4v) is 5.15. The van der Waals surface area contributed by atoms with Crippen LogP contribution in [0, 0.1) is 6.92 Å². The molecule has 2 aromatic heterocycles. The summed E-state index contributed by atoms with van der Waals surface area (Å²) in [7, 11) is 2.16. The molecule has 39 heavy (non-hydrogen) atoms. The minimum Gasteiger partial charge on any atom is -0.382 e. The number of benzene rings is 3. The van der Waals surface area contributed by atoms with Gasteiger partial charge in [0.1, 0.15) is 0 Å². The summed E-state index contributed by atoms with van der Waals surface area (Å²) in [6.07, 6.45) is 4.14. The van der Waals surface area contributed by atoms with Crippen molar-refractivity contribution in [2.24, 2.45) is 0 Å². The molecule has 0 radical (unpaired) electrons. The van der Waals surface area contributed by atoms with Crippen LogP contribution in [0.15, 0.2) is 79.1 Å². The second-order valence-electron chi connectivity index (χ2n) is 10.4. The number of anilines is 2. The van der Waals surface area contributed by atoms with Crippen LogP contribution in [0.1, 0.15) is 34.3 Å². The van der Waals surface area contributed by atoms with Crippen molar-refractivity contribution in [2.75, 3.05) is 30.8 Å². The van der Waals surface area contributed by atoms with Crippen molar-refractivity contribution in [1.29, 1.82) is 0 Å². The Balaban J connectivity index is 1.12. The summed E-state index contributed by atoms with van der Waals surface area (Å²) in [4.78, 5) is 19.8. The van der Waals surface area contributed by atoms with Gasteiger partial charge in [-0.05, 0) is 87.4 Å². The Hall–Kier alpha value is -4.43. The van der Waals surface area contributed by atoms with E-state index in [1.165, 1.54) is 11.1 Å². The Labute approximate surface area is 228 Å². The predicted octanol–water partition coefficient (Wildman–Crippen LogP) is 5.54. The zero-order chi connectivity index (χ0) is 26.8. The summed E-state index contributed by atoms with van der Waals surface area (Å²) in [5.41, 5.74) is 7.95. The van der Waals surface area contributed by atoms with Crippen LogP contribution >= 0.6 is 0 Å². The minimum atomic E-state index is -0.189. The first-order valence-corrected chi connectivity index (χ1v) is 13.4. The number of nitrogens with one attached hydrogen (secondary N) is 3. The minimum absolute atomic E-state index is 0.189. The second-order valence-corrected chi connectivity index (χ2v) is 10.4. The highest BCUT2D eigenvalue weighted by molar-refractivity contribution is 6.04. The summed E-state index contributed by atoms with van der Waals surface area (Å²) in [6, 6.07) is 24.5. The molecule has 0 bridgehead atoms. The fraction of sp³-hybridized carbons (Fsp3) is 0.258. The van der Waals surface area contributed by atoms with E-state index in [9.17, 15) is 4.79 Å². The van der Waals surface area contributed by atoms with E-state index >= 15 is 0 Å². The average molecular weight is 520 g/mol. The molecular weight excluding hydrogens is 486 g/mol. The number of aromatic amines is 1. The molecule has 1 saturated heterocycles. The van der Waals surface area contributed by atoms with Crippen molar-refractivity contribution >= 4 is 28.4 Å². The lowest BCUT2D eigenvalue weighted by Crippen LogP contribution is -2.36. The van der Waals surface area contributed by atoms with Crippen LogP contribution < -0.4 is 10.6 Å². The first-order chi connectivity index (χ1) is 19.0. The maximum Gasteiger partial charge on any atom is 0.256 e. The third kappa shape index (κ3) is 5.56. The van der Waals surface area contributed by atoms with Gasteiger partial charge in [0, 0.05) is 35.5 Å². The van der Waals surface area contributed by atoms with Gasteiger partial charge >= 0.3 is 0 Å². The van der Waals surface area contributed by atoms with E-state index < -0.39 is 0 Å². The van der Waals surface area contributed by atoms with Crippen LogP contribution in [0.2, 0.25) is 0 Å². The molecule has 0 spiro atoms. The number of rotatable bonds is 7. The number of imidazole rings is 1. The van der Waals surface area contributed by atoms with Crippen molar-refractivity contribution in [3.05, 3.63) is 95.8 Å². The molecule has 3 N–H and O–H groups in total. The molecule has 1 amide bonds. The van der Waals surface area contributed by atoms with E-state index in [0.717, 1.165) is 60.5 Å². The van der Waals surface area contributed by atoms with Crippen LogP contribution in [0.3, 0.4) is 0 Å². The number of aryl methyl sites for hydroxylation is 1. The van der Waals surface area contributed by atoms with Gasteiger partial charge in [-0.3, -0.25) is 9.89 Å². The lowest BCUT2D eigenvalue weighted by molar-refractivity contribution is 0.102. The molecule has 8 nitrogen and oxygen atoms in total. The topological polar surface area (TPSA) is 90.9 Å². The van der Waals surface area contributed by atoms with Crippen LogP contribution in [-0.4, -0.2) is 56.7 Å². The predicted molar refractivity (Wildman–Crippen MR) is 156 cm³/mol. The second kappa shape index (κ2) is 10.7.